The van der Waals surface area contributed by atoms with Crippen LogP contribution in [0.3, 0.4) is 0 Å². The van der Waals surface area contributed by atoms with Crippen LogP contribution < -0.4 is 0 Å². The van der Waals surface area contributed by atoms with Crippen molar-refractivity contribution in [2.45, 2.75) is 32.1 Å². The van der Waals surface area contributed by atoms with Gasteiger partial charge in [-0.05, 0) is 5.92 Å². The number of imide groups is 1. The number of aromatic nitrogens is 1. The van der Waals surface area contributed by atoms with Gasteiger partial charge in [-0.2, -0.15) is 0 Å². The molecule has 0 N–H and O–H groups in total. The first-order valence-corrected chi connectivity index (χ1v) is 7.34. The zero-order valence-corrected chi connectivity index (χ0v) is 11.8. The molecule has 4 nitrogen and oxygen atoms in total. The first kappa shape index (κ1) is 13.5. The number of piperidine rings is 1. The van der Waals surface area contributed by atoms with Crippen molar-refractivity contribution < 1.29 is 9.59 Å². The van der Waals surface area contributed by atoms with Gasteiger partial charge in [0.2, 0.25) is 11.8 Å². The third-order valence-electron chi connectivity index (χ3n) is 2.93. The highest BCUT2D eigenvalue weighted by Gasteiger charge is 2.29. The Balaban J connectivity index is 1.93. The van der Waals surface area contributed by atoms with Gasteiger partial charge in [-0.3, -0.25) is 14.5 Å². The predicted molar refractivity (Wildman–Crippen MR) is 70.5 cm³/mol. The minimum atomic E-state index is -0.0622. The molecule has 0 saturated carbocycles. The van der Waals surface area contributed by atoms with Crippen LogP contribution in [-0.4, -0.2) is 28.2 Å². The van der Waals surface area contributed by atoms with Gasteiger partial charge in [0.05, 0.1) is 16.6 Å². The van der Waals surface area contributed by atoms with Gasteiger partial charge in [0, 0.05) is 31.2 Å². The van der Waals surface area contributed by atoms with Crippen LogP contribution in [0.25, 0.3) is 0 Å². The van der Waals surface area contributed by atoms with Crippen molar-refractivity contribution in [1.82, 2.24) is 9.88 Å². The van der Waals surface area contributed by atoms with E-state index in [4.69, 9.17) is 11.6 Å². The van der Waals surface area contributed by atoms with Crippen LogP contribution in [0.2, 0.25) is 0 Å². The Morgan fingerprint density at radius 3 is 2.67 bits per heavy atom. The van der Waals surface area contributed by atoms with Crippen molar-refractivity contribution in [2.24, 2.45) is 5.92 Å². The zero-order chi connectivity index (χ0) is 13.1. The number of carbonyl (C=O) groups excluding carboxylic acids is 2. The zero-order valence-electron chi connectivity index (χ0n) is 10.2. The second-order valence-electron chi connectivity index (χ2n) is 4.57. The van der Waals surface area contributed by atoms with Crippen LogP contribution in [0.5, 0.6) is 0 Å². The fourth-order valence-electron chi connectivity index (χ4n) is 2.01. The van der Waals surface area contributed by atoms with Gasteiger partial charge in [-0.1, -0.05) is 6.92 Å². The van der Waals surface area contributed by atoms with E-state index in [0.717, 1.165) is 10.7 Å². The summed E-state index contributed by atoms with van der Waals surface area (Å²) >= 11 is 7.20. The molecule has 18 heavy (non-hydrogen) atoms. The summed E-state index contributed by atoms with van der Waals surface area (Å²) in [5, 5.41) is 2.83. The molecule has 1 aliphatic rings. The van der Waals surface area contributed by atoms with Gasteiger partial charge in [0.1, 0.15) is 0 Å². The Morgan fingerprint density at radius 2 is 2.11 bits per heavy atom. The molecule has 0 aliphatic carbocycles. The molecule has 1 saturated heterocycles. The van der Waals surface area contributed by atoms with E-state index in [1.165, 1.54) is 16.2 Å². The van der Waals surface area contributed by atoms with E-state index >= 15 is 0 Å². The van der Waals surface area contributed by atoms with Crippen molar-refractivity contribution in [2.75, 3.05) is 6.54 Å². The van der Waals surface area contributed by atoms with Crippen molar-refractivity contribution in [3.8, 4) is 0 Å². The third-order valence-corrected chi connectivity index (χ3v) is 4.17. The van der Waals surface area contributed by atoms with Gasteiger partial charge >= 0.3 is 0 Å². The first-order valence-electron chi connectivity index (χ1n) is 5.92. The fraction of sp³-hybridized carbons (Fsp3) is 0.583. The van der Waals surface area contributed by atoms with Crippen LogP contribution in [0.1, 0.15) is 30.5 Å². The molecule has 0 spiro atoms. The number of likely N-dealkylation sites (tertiary alicyclic amines) is 1. The second-order valence-corrected chi connectivity index (χ2v) is 5.78. The van der Waals surface area contributed by atoms with E-state index in [-0.39, 0.29) is 17.7 Å². The molecule has 0 bridgehead atoms. The molecular weight excluding hydrogens is 272 g/mol. The van der Waals surface area contributed by atoms with Gasteiger partial charge < -0.3 is 0 Å². The molecule has 2 heterocycles. The maximum atomic E-state index is 11.8. The summed E-state index contributed by atoms with van der Waals surface area (Å²) in [6.07, 6.45) is 1.56. The maximum absolute atomic E-state index is 11.8. The van der Waals surface area contributed by atoms with Crippen molar-refractivity contribution in [3.63, 3.8) is 0 Å². The van der Waals surface area contributed by atoms with E-state index in [1.54, 1.807) is 0 Å². The lowest BCUT2D eigenvalue weighted by Crippen LogP contribution is -2.43. The highest BCUT2D eigenvalue weighted by molar-refractivity contribution is 7.09. The summed E-state index contributed by atoms with van der Waals surface area (Å²) in [6, 6.07) is 0. The number of hydrogen-bond donors (Lipinski definition) is 0. The Labute approximate surface area is 115 Å². The van der Waals surface area contributed by atoms with E-state index in [1.807, 2.05) is 12.3 Å². The standard InChI is InChI=1S/C12H15ClN2O2S/c1-8-4-11(16)15(12(17)5-8)3-2-10-14-9(6-13)7-18-10/h7-8H,2-6H2,1H3. The molecule has 0 radical (unpaired) electrons. The minimum Gasteiger partial charge on any atom is -0.282 e. The summed E-state index contributed by atoms with van der Waals surface area (Å²) in [6.45, 7) is 2.36. The van der Waals surface area contributed by atoms with E-state index in [0.29, 0.717) is 31.7 Å². The highest BCUT2D eigenvalue weighted by atomic mass is 35.5. The second kappa shape index (κ2) is 5.80. The molecule has 6 heteroatoms. The van der Waals surface area contributed by atoms with Gasteiger partial charge in [-0.15, -0.1) is 22.9 Å². The molecule has 2 amide bonds. The van der Waals surface area contributed by atoms with Crippen LogP contribution >= 0.6 is 22.9 Å². The number of nitrogens with zero attached hydrogens (tertiary/aromatic N) is 2. The summed E-state index contributed by atoms with van der Waals surface area (Å²) in [4.78, 5) is 29.2. The number of amides is 2. The Kier molecular flexibility index (Phi) is 4.35. The molecule has 0 aromatic carbocycles. The molecule has 1 aliphatic heterocycles. The molecule has 0 unspecified atom stereocenters. The van der Waals surface area contributed by atoms with Crippen LogP contribution in [0.4, 0.5) is 0 Å². The fourth-order valence-corrected chi connectivity index (χ4v) is 3.03. The summed E-state index contributed by atoms with van der Waals surface area (Å²) in [7, 11) is 0. The SMILES string of the molecule is CC1CC(=O)N(CCc2nc(CCl)cs2)C(=O)C1. The Hall–Kier alpha value is -0.940. The molecule has 0 atom stereocenters. The summed E-state index contributed by atoms with van der Waals surface area (Å²) in [5.74, 6) is 0.444. The largest absolute Gasteiger partial charge is 0.282 e. The smallest absolute Gasteiger partial charge is 0.229 e. The number of rotatable bonds is 4. The quantitative estimate of drug-likeness (QED) is 0.630. The molecule has 98 valence electrons. The van der Waals surface area contributed by atoms with Crippen molar-refractivity contribution in [1.29, 1.82) is 0 Å². The molecular formula is C12H15ClN2O2S. The summed E-state index contributed by atoms with van der Waals surface area (Å²) in [5.41, 5.74) is 0.849. The van der Waals surface area contributed by atoms with Crippen molar-refractivity contribution in [3.05, 3.63) is 16.1 Å². The lowest BCUT2D eigenvalue weighted by atomic mass is 9.98. The third kappa shape index (κ3) is 3.09. The maximum Gasteiger partial charge on any atom is 0.229 e. The van der Waals surface area contributed by atoms with E-state index in [2.05, 4.69) is 4.98 Å². The highest BCUT2D eigenvalue weighted by Crippen LogP contribution is 2.20. The first-order chi connectivity index (χ1) is 8.60. The number of carbonyl (C=O) groups is 2. The monoisotopic (exact) mass is 286 g/mol. The van der Waals surface area contributed by atoms with Gasteiger partial charge in [-0.25, -0.2) is 4.98 Å². The number of thiazole rings is 1. The lowest BCUT2D eigenvalue weighted by molar-refractivity contribution is -0.149. The van der Waals surface area contributed by atoms with Gasteiger partial charge in [0.15, 0.2) is 0 Å². The number of hydrogen-bond acceptors (Lipinski definition) is 4. The Morgan fingerprint density at radius 1 is 1.44 bits per heavy atom. The van der Waals surface area contributed by atoms with E-state index in [9.17, 15) is 9.59 Å². The lowest BCUT2D eigenvalue weighted by Gasteiger charge is -2.27. The summed E-state index contributed by atoms with van der Waals surface area (Å²) < 4.78 is 0. The van der Waals surface area contributed by atoms with Gasteiger partial charge in [0.25, 0.3) is 0 Å². The molecule has 1 fully saturated rings. The average molecular weight is 287 g/mol. The minimum absolute atomic E-state index is 0.0622. The van der Waals surface area contributed by atoms with Crippen LogP contribution in [0.15, 0.2) is 5.38 Å². The predicted octanol–water partition coefficient (Wildman–Crippen LogP) is 2.21. The number of alkyl halides is 1. The molecule has 1 aromatic rings. The number of halogens is 1. The topological polar surface area (TPSA) is 50.3 Å². The molecule has 1 aromatic heterocycles. The average Bonchev–Trinajstić information content (AvgIpc) is 2.75. The molecule has 2 rings (SSSR count). The van der Waals surface area contributed by atoms with Crippen molar-refractivity contribution >= 4 is 34.8 Å². The normalized spacial score (nSPS) is 17.6. The van der Waals surface area contributed by atoms with Crippen LogP contribution in [0, 0.1) is 5.92 Å². The van der Waals surface area contributed by atoms with Crippen LogP contribution in [-0.2, 0) is 21.9 Å². The Bertz CT molecular complexity index is 443. The van der Waals surface area contributed by atoms with E-state index < -0.39 is 0 Å².